The largest absolute Gasteiger partial charge is 0.494 e. The average molecular weight is 219 g/mol. The van der Waals surface area contributed by atoms with E-state index in [9.17, 15) is 17.6 Å². The van der Waals surface area contributed by atoms with Crippen LogP contribution in [-0.2, 0) is 0 Å². The third-order valence-electron chi connectivity index (χ3n) is 1.63. The highest BCUT2D eigenvalue weighted by molar-refractivity contribution is 6.11. The van der Waals surface area contributed by atoms with Gasteiger partial charge in [0.15, 0.2) is 5.75 Å². The molecule has 15 heavy (non-hydrogen) atoms. The van der Waals surface area contributed by atoms with E-state index >= 15 is 0 Å². The lowest BCUT2D eigenvalue weighted by atomic mass is 9.98. The molecule has 2 radical (unpaired) electrons. The summed E-state index contributed by atoms with van der Waals surface area (Å²) in [5.41, 5.74) is 0. The van der Waals surface area contributed by atoms with E-state index in [0.29, 0.717) is 0 Å². The third kappa shape index (κ3) is 2.40. The smallest absolute Gasteiger partial charge is 0.255 e. The lowest BCUT2D eigenvalue weighted by molar-refractivity contribution is 0.235. The topological polar surface area (TPSA) is 22.1 Å². The summed E-state index contributed by atoms with van der Waals surface area (Å²) in [7, 11) is 5.22. The van der Waals surface area contributed by atoms with Crippen LogP contribution in [-0.4, -0.2) is 18.8 Å². The molecule has 0 aliphatic carbocycles. The summed E-state index contributed by atoms with van der Waals surface area (Å²) in [6, 6.07) is -1.05. The molecule has 0 aromatic carbocycles. The van der Waals surface area contributed by atoms with Crippen LogP contribution in [0.15, 0.2) is 0 Å². The fraction of sp³-hybridized carbons (Fsp3) is 0.375. The van der Waals surface area contributed by atoms with Crippen molar-refractivity contribution in [3.05, 3.63) is 23.5 Å². The van der Waals surface area contributed by atoms with Crippen molar-refractivity contribution in [3.8, 4) is 5.75 Å². The van der Waals surface area contributed by atoms with Gasteiger partial charge in [-0.25, -0.2) is 0 Å². The van der Waals surface area contributed by atoms with Crippen LogP contribution in [0.5, 0.6) is 5.75 Å². The van der Waals surface area contributed by atoms with Gasteiger partial charge in [-0.3, -0.25) is 0 Å². The Morgan fingerprint density at radius 2 is 1.67 bits per heavy atom. The maximum atomic E-state index is 12.9. The van der Waals surface area contributed by atoms with Crippen molar-refractivity contribution >= 4 is 7.85 Å². The molecular formula is C8H6BF4NO. The average Bonchev–Trinajstić information content (AvgIpc) is 2.21. The Bertz CT molecular complexity index is 348. The first kappa shape index (κ1) is 11.8. The summed E-state index contributed by atoms with van der Waals surface area (Å²) < 4.78 is 55.4. The zero-order valence-corrected chi connectivity index (χ0v) is 7.73. The van der Waals surface area contributed by atoms with Crippen LogP contribution in [0.4, 0.5) is 17.6 Å². The standard InChI is InChI=1S/C8H6BF4NO/c1-2-3(9)15-6-4(10)7(12)14-8(13)5(6)11/h3H,2H2,1H3. The lowest BCUT2D eigenvalue weighted by Crippen LogP contribution is -2.18. The van der Waals surface area contributed by atoms with Crippen molar-refractivity contribution in [2.45, 2.75) is 19.3 Å². The second-order valence-corrected chi connectivity index (χ2v) is 2.72. The van der Waals surface area contributed by atoms with Gasteiger partial charge in [-0.05, 0) is 6.42 Å². The number of aromatic nitrogens is 1. The van der Waals surface area contributed by atoms with Gasteiger partial charge < -0.3 is 4.74 Å². The molecule has 0 saturated heterocycles. The second kappa shape index (κ2) is 4.50. The molecule has 1 rings (SSSR count). The third-order valence-corrected chi connectivity index (χ3v) is 1.63. The van der Waals surface area contributed by atoms with Gasteiger partial charge in [-0.1, -0.05) is 6.92 Å². The minimum Gasteiger partial charge on any atom is -0.494 e. The van der Waals surface area contributed by atoms with E-state index in [2.05, 4.69) is 9.72 Å². The van der Waals surface area contributed by atoms with Gasteiger partial charge in [0.25, 0.3) is 11.9 Å². The van der Waals surface area contributed by atoms with Crippen LogP contribution in [0.1, 0.15) is 13.3 Å². The van der Waals surface area contributed by atoms with Gasteiger partial charge in [0.05, 0.1) is 6.00 Å². The molecule has 1 heterocycles. The van der Waals surface area contributed by atoms with E-state index in [1.165, 1.54) is 0 Å². The molecule has 0 bridgehead atoms. The van der Waals surface area contributed by atoms with Crippen LogP contribution < -0.4 is 4.74 Å². The van der Waals surface area contributed by atoms with Crippen LogP contribution in [0, 0.1) is 23.5 Å². The van der Waals surface area contributed by atoms with E-state index in [1.807, 2.05) is 0 Å². The molecule has 0 spiro atoms. The Morgan fingerprint density at radius 3 is 2.07 bits per heavy atom. The normalized spacial score (nSPS) is 12.6. The molecule has 0 aliphatic rings. The zero-order valence-electron chi connectivity index (χ0n) is 7.73. The van der Waals surface area contributed by atoms with Gasteiger partial charge in [0.2, 0.25) is 11.6 Å². The zero-order chi connectivity index (χ0) is 11.6. The van der Waals surface area contributed by atoms with Crippen LogP contribution in [0.25, 0.3) is 0 Å². The van der Waals surface area contributed by atoms with Gasteiger partial charge in [0.1, 0.15) is 7.85 Å². The predicted octanol–water partition coefficient (Wildman–Crippen LogP) is 1.92. The molecular weight excluding hydrogens is 213 g/mol. The summed E-state index contributed by atoms with van der Waals surface area (Å²) in [6.07, 6.45) is 0.227. The highest BCUT2D eigenvalue weighted by Crippen LogP contribution is 2.25. The Morgan fingerprint density at radius 1 is 1.20 bits per heavy atom. The fourth-order valence-electron chi connectivity index (χ4n) is 0.806. The van der Waals surface area contributed by atoms with Gasteiger partial charge in [0, 0.05) is 0 Å². The molecule has 1 aromatic heterocycles. The quantitative estimate of drug-likeness (QED) is 0.440. The second-order valence-electron chi connectivity index (χ2n) is 2.72. The predicted molar refractivity (Wildman–Crippen MR) is 44.5 cm³/mol. The number of pyridine rings is 1. The van der Waals surface area contributed by atoms with E-state index in [0.717, 1.165) is 0 Å². The highest BCUT2D eigenvalue weighted by atomic mass is 19.2. The minimum atomic E-state index is -1.77. The van der Waals surface area contributed by atoms with E-state index < -0.39 is 35.3 Å². The van der Waals surface area contributed by atoms with E-state index in [-0.39, 0.29) is 6.42 Å². The summed E-state index contributed by atoms with van der Waals surface area (Å²) in [5.74, 6) is -8.12. The Kier molecular flexibility index (Phi) is 3.54. The molecule has 0 fully saturated rings. The first-order valence-corrected chi connectivity index (χ1v) is 4.09. The summed E-state index contributed by atoms with van der Waals surface area (Å²) in [6.45, 7) is 1.58. The van der Waals surface area contributed by atoms with Crippen molar-refractivity contribution in [1.29, 1.82) is 0 Å². The van der Waals surface area contributed by atoms with Gasteiger partial charge >= 0.3 is 0 Å². The molecule has 0 aliphatic heterocycles. The van der Waals surface area contributed by atoms with Crippen molar-refractivity contribution in [3.63, 3.8) is 0 Å². The highest BCUT2D eigenvalue weighted by Gasteiger charge is 2.23. The molecule has 7 heteroatoms. The Hall–Kier alpha value is -1.27. The number of hydrogen-bond donors (Lipinski definition) is 0. The molecule has 0 N–H and O–H groups in total. The molecule has 1 atom stereocenters. The SMILES string of the molecule is [B]C(CC)Oc1c(F)c(F)nc(F)c1F. The van der Waals surface area contributed by atoms with Gasteiger partial charge in [-0.2, -0.15) is 22.5 Å². The summed E-state index contributed by atoms with van der Waals surface area (Å²) >= 11 is 0. The van der Waals surface area contributed by atoms with Crippen LogP contribution in [0.2, 0.25) is 0 Å². The first-order chi connectivity index (χ1) is 6.97. The Labute approximate surface area is 84.7 Å². The summed E-state index contributed by atoms with van der Waals surface area (Å²) in [5, 5.41) is 0. The number of rotatable bonds is 3. The molecule has 2 nitrogen and oxygen atoms in total. The fourth-order valence-corrected chi connectivity index (χ4v) is 0.806. The Balaban J connectivity index is 3.15. The van der Waals surface area contributed by atoms with E-state index in [4.69, 9.17) is 7.85 Å². The molecule has 80 valence electrons. The van der Waals surface area contributed by atoms with Crippen molar-refractivity contribution in [2.24, 2.45) is 0 Å². The maximum Gasteiger partial charge on any atom is 0.255 e. The molecule has 1 unspecified atom stereocenters. The number of nitrogens with zero attached hydrogens (tertiary/aromatic N) is 1. The minimum absolute atomic E-state index is 0.227. The monoisotopic (exact) mass is 219 g/mol. The maximum absolute atomic E-state index is 12.9. The molecule has 1 aromatic rings. The lowest BCUT2D eigenvalue weighted by Gasteiger charge is -2.14. The molecule has 0 saturated carbocycles. The van der Waals surface area contributed by atoms with Crippen LogP contribution in [0.3, 0.4) is 0 Å². The van der Waals surface area contributed by atoms with Crippen molar-refractivity contribution in [1.82, 2.24) is 4.98 Å². The van der Waals surface area contributed by atoms with E-state index in [1.54, 1.807) is 6.92 Å². The summed E-state index contributed by atoms with van der Waals surface area (Å²) in [4.78, 5) is 2.36. The number of halogens is 4. The first-order valence-electron chi connectivity index (χ1n) is 4.09. The number of hydrogen-bond acceptors (Lipinski definition) is 2. The van der Waals surface area contributed by atoms with Crippen LogP contribution >= 0.6 is 0 Å². The van der Waals surface area contributed by atoms with Crippen molar-refractivity contribution < 1.29 is 22.3 Å². The number of ether oxygens (including phenoxy) is 1. The van der Waals surface area contributed by atoms with Gasteiger partial charge in [-0.15, -0.1) is 0 Å². The molecule has 0 amide bonds. The van der Waals surface area contributed by atoms with Crippen molar-refractivity contribution in [2.75, 3.05) is 0 Å².